The van der Waals surface area contributed by atoms with Gasteiger partial charge in [-0.2, -0.15) is 0 Å². The highest BCUT2D eigenvalue weighted by Gasteiger charge is 2.15. The summed E-state index contributed by atoms with van der Waals surface area (Å²) < 4.78 is 0. The minimum Gasteiger partial charge on any atom is -0.375 e. The Labute approximate surface area is 114 Å². The zero-order chi connectivity index (χ0) is 13.1. The molecule has 0 atom stereocenters. The molecule has 18 heavy (non-hydrogen) atoms. The van der Waals surface area contributed by atoms with Crippen molar-refractivity contribution >= 4 is 39.8 Å². The maximum atomic E-state index is 12.1. The summed E-state index contributed by atoms with van der Waals surface area (Å²) in [5, 5.41) is 3.30. The average molecular weight is 279 g/mol. The number of aryl methyl sites for hydroxylation is 1. The number of carbonyl (C=O) groups excluding carboxylic acids is 1. The highest BCUT2D eigenvalue weighted by atomic mass is 32.2. The number of anilines is 2. The van der Waals surface area contributed by atoms with E-state index < -0.39 is 0 Å². The first-order valence-electron chi connectivity index (χ1n) is 5.29. The van der Waals surface area contributed by atoms with Crippen LogP contribution >= 0.6 is 23.1 Å². The lowest BCUT2D eigenvalue weighted by Crippen LogP contribution is -2.12. The zero-order valence-electron chi connectivity index (χ0n) is 10.1. The van der Waals surface area contributed by atoms with Gasteiger partial charge < -0.3 is 11.1 Å². The number of rotatable bonds is 3. The highest BCUT2D eigenvalue weighted by Crippen LogP contribution is 2.26. The number of nitrogens with one attached hydrogen (secondary N) is 1. The lowest BCUT2D eigenvalue weighted by atomic mass is 10.3. The molecule has 3 N–H and O–H groups in total. The normalized spacial score (nSPS) is 10.3. The lowest BCUT2D eigenvalue weighted by molar-refractivity contribution is 0.102. The van der Waals surface area contributed by atoms with Gasteiger partial charge >= 0.3 is 0 Å². The molecule has 6 heteroatoms. The summed E-state index contributed by atoms with van der Waals surface area (Å²) in [5.74, 6) is -0.164. The number of hydrogen-bond acceptors (Lipinski definition) is 5. The van der Waals surface area contributed by atoms with Crippen LogP contribution in [0, 0.1) is 6.92 Å². The zero-order valence-corrected chi connectivity index (χ0v) is 11.7. The quantitative estimate of drug-likeness (QED) is 0.847. The van der Waals surface area contributed by atoms with Crippen LogP contribution in [-0.4, -0.2) is 17.1 Å². The third-order valence-electron chi connectivity index (χ3n) is 2.37. The lowest BCUT2D eigenvalue weighted by Gasteiger charge is -2.08. The van der Waals surface area contributed by atoms with Crippen LogP contribution < -0.4 is 11.1 Å². The number of amides is 1. The second-order valence-electron chi connectivity index (χ2n) is 3.62. The Bertz CT molecular complexity index is 580. The van der Waals surface area contributed by atoms with E-state index >= 15 is 0 Å². The number of thioether (sulfide) groups is 1. The molecule has 0 aliphatic rings. The number of carbonyl (C=O) groups is 1. The molecule has 0 fully saturated rings. The van der Waals surface area contributed by atoms with Gasteiger partial charge in [0.25, 0.3) is 5.91 Å². The van der Waals surface area contributed by atoms with Crippen LogP contribution in [0.4, 0.5) is 10.8 Å². The Morgan fingerprint density at radius 3 is 2.78 bits per heavy atom. The van der Waals surface area contributed by atoms with Crippen LogP contribution in [0.1, 0.15) is 15.4 Å². The summed E-state index contributed by atoms with van der Waals surface area (Å²) >= 11 is 2.79. The van der Waals surface area contributed by atoms with E-state index in [1.807, 2.05) is 30.5 Å². The molecule has 1 heterocycles. The first-order valence-corrected chi connectivity index (χ1v) is 7.33. The molecule has 2 rings (SSSR count). The fraction of sp³-hybridized carbons (Fsp3) is 0.167. The molecule has 2 aromatic rings. The molecule has 4 nitrogen and oxygen atoms in total. The van der Waals surface area contributed by atoms with Gasteiger partial charge in [0.15, 0.2) is 5.13 Å². The second kappa shape index (κ2) is 5.41. The molecule has 0 aliphatic carbocycles. The van der Waals surface area contributed by atoms with Gasteiger partial charge in [0, 0.05) is 4.90 Å². The summed E-state index contributed by atoms with van der Waals surface area (Å²) in [6.45, 7) is 1.78. The third kappa shape index (κ3) is 2.65. The number of benzene rings is 1. The Morgan fingerprint density at radius 1 is 1.44 bits per heavy atom. The van der Waals surface area contributed by atoms with Crippen LogP contribution in [0.2, 0.25) is 0 Å². The van der Waals surface area contributed by atoms with Gasteiger partial charge in [-0.25, -0.2) is 4.98 Å². The molecular weight excluding hydrogens is 266 g/mol. The molecule has 0 unspecified atom stereocenters. The fourth-order valence-corrected chi connectivity index (χ4v) is 2.84. The van der Waals surface area contributed by atoms with Crippen molar-refractivity contribution in [2.24, 2.45) is 0 Å². The van der Waals surface area contributed by atoms with Gasteiger partial charge in [0.05, 0.1) is 11.4 Å². The molecular formula is C12H13N3OS2. The van der Waals surface area contributed by atoms with Gasteiger partial charge in [-0.1, -0.05) is 23.5 Å². The van der Waals surface area contributed by atoms with E-state index in [4.69, 9.17) is 5.73 Å². The average Bonchev–Trinajstić information content (AvgIpc) is 2.69. The number of thiazole rings is 1. The van der Waals surface area contributed by atoms with Gasteiger partial charge in [-0.05, 0) is 25.3 Å². The van der Waals surface area contributed by atoms with E-state index in [0.717, 1.165) is 10.6 Å². The largest absolute Gasteiger partial charge is 0.375 e. The van der Waals surface area contributed by atoms with Crippen LogP contribution in [0.25, 0.3) is 0 Å². The van der Waals surface area contributed by atoms with Crippen LogP contribution in [0.5, 0.6) is 0 Å². The minimum atomic E-state index is -0.164. The van der Waals surface area contributed by atoms with Gasteiger partial charge in [0.2, 0.25) is 0 Å². The summed E-state index contributed by atoms with van der Waals surface area (Å²) in [6, 6.07) is 7.68. The van der Waals surface area contributed by atoms with E-state index in [9.17, 15) is 4.79 Å². The van der Waals surface area contributed by atoms with Crippen molar-refractivity contribution in [3.63, 3.8) is 0 Å². The smallest absolute Gasteiger partial charge is 0.267 e. The Balaban J connectivity index is 2.24. The first kappa shape index (κ1) is 12.9. The summed E-state index contributed by atoms with van der Waals surface area (Å²) in [4.78, 5) is 17.7. The van der Waals surface area contributed by atoms with Gasteiger partial charge in [-0.3, -0.25) is 4.79 Å². The first-order chi connectivity index (χ1) is 8.61. The standard InChI is InChI=1S/C12H13N3OS2/c1-7-10(18-12(13)14-7)11(16)15-8-5-3-4-6-9(8)17-2/h3-6H,1-2H3,(H2,13,14)(H,15,16). The van der Waals surface area contributed by atoms with Crippen molar-refractivity contribution in [1.82, 2.24) is 4.98 Å². The van der Waals surface area contributed by atoms with Crippen molar-refractivity contribution in [2.45, 2.75) is 11.8 Å². The third-order valence-corrected chi connectivity index (χ3v) is 4.16. The summed E-state index contributed by atoms with van der Waals surface area (Å²) in [6.07, 6.45) is 1.97. The van der Waals surface area contributed by atoms with E-state index in [1.54, 1.807) is 18.7 Å². The number of hydrogen-bond donors (Lipinski definition) is 2. The minimum absolute atomic E-state index is 0.164. The topological polar surface area (TPSA) is 68.0 Å². The van der Waals surface area contributed by atoms with Crippen molar-refractivity contribution in [2.75, 3.05) is 17.3 Å². The number of aromatic nitrogens is 1. The molecule has 1 amide bonds. The molecule has 0 aliphatic heterocycles. The SMILES string of the molecule is CSc1ccccc1NC(=O)c1sc(N)nc1C. The Hall–Kier alpha value is -1.53. The molecule has 94 valence electrons. The molecule has 1 aromatic carbocycles. The number of nitrogen functional groups attached to an aromatic ring is 1. The van der Waals surface area contributed by atoms with Gasteiger partial charge in [0.1, 0.15) is 4.88 Å². The molecule has 0 spiro atoms. The molecule has 0 saturated carbocycles. The monoisotopic (exact) mass is 279 g/mol. The second-order valence-corrected chi connectivity index (χ2v) is 5.50. The summed E-state index contributed by atoms with van der Waals surface area (Å²) in [7, 11) is 0. The Kier molecular flexibility index (Phi) is 3.88. The fourth-order valence-electron chi connectivity index (χ4n) is 1.55. The summed E-state index contributed by atoms with van der Waals surface area (Å²) in [5.41, 5.74) is 7.06. The van der Waals surface area contributed by atoms with Crippen molar-refractivity contribution in [1.29, 1.82) is 0 Å². The predicted molar refractivity (Wildman–Crippen MR) is 77.4 cm³/mol. The Morgan fingerprint density at radius 2 is 2.17 bits per heavy atom. The molecule has 0 saturated heterocycles. The van der Waals surface area contributed by atoms with Crippen LogP contribution in [0.3, 0.4) is 0 Å². The van der Waals surface area contributed by atoms with E-state index in [0.29, 0.717) is 15.7 Å². The van der Waals surface area contributed by atoms with E-state index in [1.165, 1.54) is 11.3 Å². The number of nitrogens with zero attached hydrogens (tertiary/aromatic N) is 1. The highest BCUT2D eigenvalue weighted by molar-refractivity contribution is 7.98. The number of para-hydroxylation sites is 1. The molecule has 0 radical (unpaired) electrons. The van der Waals surface area contributed by atoms with E-state index in [2.05, 4.69) is 10.3 Å². The number of nitrogens with two attached hydrogens (primary N) is 1. The van der Waals surface area contributed by atoms with Gasteiger partial charge in [-0.15, -0.1) is 11.8 Å². The molecule has 0 bridgehead atoms. The predicted octanol–water partition coefficient (Wildman–Crippen LogP) is 3.01. The van der Waals surface area contributed by atoms with Crippen molar-refractivity contribution in [3.05, 3.63) is 34.8 Å². The van der Waals surface area contributed by atoms with E-state index in [-0.39, 0.29) is 5.91 Å². The molecule has 1 aromatic heterocycles. The maximum absolute atomic E-state index is 12.1. The van der Waals surface area contributed by atoms with Crippen LogP contribution in [0.15, 0.2) is 29.2 Å². The maximum Gasteiger partial charge on any atom is 0.267 e. The van der Waals surface area contributed by atoms with Crippen LogP contribution in [-0.2, 0) is 0 Å². The van der Waals surface area contributed by atoms with Crippen molar-refractivity contribution in [3.8, 4) is 0 Å². The van der Waals surface area contributed by atoms with Crippen molar-refractivity contribution < 1.29 is 4.79 Å².